The molecular formula is C54H29NO4. The summed E-state index contributed by atoms with van der Waals surface area (Å²) in [6.07, 6.45) is 0. The Bertz CT molecular complexity index is 4080. The first-order valence-electron chi connectivity index (χ1n) is 19.9. The van der Waals surface area contributed by atoms with Crippen molar-refractivity contribution in [3.05, 3.63) is 176 Å². The van der Waals surface area contributed by atoms with Crippen molar-refractivity contribution in [1.82, 2.24) is 4.57 Å². The fourth-order valence-corrected chi connectivity index (χ4v) is 9.70. The third-order valence-corrected chi connectivity index (χ3v) is 12.4. The molecule has 0 bridgehead atoms. The highest BCUT2D eigenvalue weighted by Crippen LogP contribution is 2.44. The van der Waals surface area contributed by atoms with Crippen molar-refractivity contribution >= 4 is 110 Å². The van der Waals surface area contributed by atoms with Crippen LogP contribution < -0.4 is 0 Å². The molecule has 0 saturated carbocycles. The van der Waals surface area contributed by atoms with Crippen LogP contribution in [-0.4, -0.2) is 4.57 Å². The molecule has 0 atom stereocenters. The summed E-state index contributed by atoms with van der Waals surface area (Å²) in [5.41, 5.74) is 14.7. The van der Waals surface area contributed by atoms with Crippen LogP contribution in [0, 0.1) is 0 Å². The minimum absolute atomic E-state index is 0.781. The molecule has 14 rings (SSSR count). The molecule has 0 aliphatic carbocycles. The van der Waals surface area contributed by atoms with Gasteiger partial charge in [0.05, 0.1) is 11.0 Å². The number of para-hydroxylation sites is 3. The minimum atomic E-state index is 0.781. The first-order chi connectivity index (χ1) is 29.2. The average Bonchev–Trinajstić information content (AvgIpc) is 4.10. The van der Waals surface area contributed by atoms with Crippen LogP contribution in [0.1, 0.15) is 0 Å². The van der Waals surface area contributed by atoms with Crippen LogP contribution in [0.5, 0.6) is 0 Å². The number of hydrogen-bond donors (Lipinski definition) is 0. The standard InChI is InChI=1S/C54H29NO4/c1-2-8-34(9-3-1)55-43-20-14-30(32-16-22-47-41(28-32)37-19-18-36-35-10-4-6-12-45(35)58-53(36)54(37)59-47)26-39(43)40-27-31(15-21-44(40)55)33-17-23-48-42(29-33)52-50(57-48)25-24-49-51(52)38-11-5-7-13-46(38)56-49/h1-29H. The van der Waals surface area contributed by atoms with Gasteiger partial charge in [0.2, 0.25) is 0 Å². The van der Waals surface area contributed by atoms with E-state index < -0.39 is 0 Å². The third kappa shape index (κ3) is 4.28. The van der Waals surface area contributed by atoms with Gasteiger partial charge < -0.3 is 22.2 Å². The molecule has 0 N–H and O–H groups in total. The van der Waals surface area contributed by atoms with E-state index in [1.54, 1.807) is 0 Å². The molecule has 5 nitrogen and oxygen atoms in total. The average molecular weight is 756 g/mol. The molecule has 0 aliphatic rings. The quantitative estimate of drug-likeness (QED) is 0.180. The molecule has 0 unspecified atom stereocenters. The summed E-state index contributed by atoms with van der Waals surface area (Å²) in [5, 5.41) is 11.0. The van der Waals surface area contributed by atoms with Crippen LogP contribution in [0.2, 0.25) is 0 Å². The van der Waals surface area contributed by atoms with Crippen molar-refractivity contribution in [2.45, 2.75) is 0 Å². The summed E-state index contributed by atoms with van der Waals surface area (Å²) in [7, 11) is 0. The van der Waals surface area contributed by atoms with Gasteiger partial charge in [-0.25, -0.2) is 0 Å². The van der Waals surface area contributed by atoms with Crippen LogP contribution in [0.3, 0.4) is 0 Å². The number of benzene rings is 9. The van der Waals surface area contributed by atoms with Gasteiger partial charge in [0.1, 0.15) is 33.5 Å². The summed E-state index contributed by atoms with van der Waals surface area (Å²) in [6.45, 7) is 0. The summed E-state index contributed by atoms with van der Waals surface area (Å²) in [4.78, 5) is 0. The predicted molar refractivity (Wildman–Crippen MR) is 241 cm³/mol. The maximum atomic E-state index is 6.49. The van der Waals surface area contributed by atoms with E-state index in [4.69, 9.17) is 17.7 Å². The lowest BCUT2D eigenvalue weighted by Crippen LogP contribution is -1.93. The fraction of sp³-hybridized carbons (Fsp3) is 0. The first kappa shape index (κ1) is 31.1. The van der Waals surface area contributed by atoms with Gasteiger partial charge in [-0.05, 0) is 119 Å². The van der Waals surface area contributed by atoms with Gasteiger partial charge in [-0.1, -0.05) is 78.9 Å². The zero-order valence-electron chi connectivity index (χ0n) is 31.3. The molecule has 0 saturated heterocycles. The van der Waals surface area contributed by atoms with E-state index in [1.165, 1.54) is 10.8 Å². The maximum absolute atomic E-state index is 6.49. The highest BCUT2D eigenvalue weighted by Gasteiger charge is 2.20. The first-order valence-corrected chi connectivity index (χ1v) is 19.9. The van der Waals surface area contributed by atoms with Gasteiger partial charge in [0, 0.05) is 59.5 Å². The second-order valence-corrected chi connectivity index (χ2v) is 15.6. The Kier molecular flexibility index (Phi) is 5.96. The van der Waals surface area contributed by atoms with Crippen molar-refractivity contribution in [2.75, 3.05) is 0 Å². The third-order valence-electron chi connectivity index (χ3n) is 12.4. The van der Waals surface area contributed by atoms with E-state index in [0.717, 1.165) is 127 Å². The molecule has 0 amide bonds. The molecule has 9 aromatic carbocycles. The summed E-state index contributed by atoms with van der Waals surface area (Å²) in [6, 6.07) is 62.1. The number of hydrogen-bond acceptors (Lipinski definition) is 4. The molecule has 0 radical (unpaired) electrons. The Morgan fingerprint density at radius 3 is 1.36 bits per heavy atom. The predicted octanol–water partition coefficient (Wildman–Crippen LogP) is 15.7. The lowest BCUT2D eigenvalue weighted by atomic mass is 9.98. The van der Waals surface area contributed by atoms with Gasteiger partial charge in [-0.15, -0.1) is 0 Å². The Balaban J connectivity index is 0.962. The number of rotatable bonds is 3. The molecule has 0 aliphatic heterocycles. The normalized spacial score (nSPS) is 12.4. The molecule has 274 valence electrons. The highest BCUT2D eigenvalue weighted by molar-refractivity contribution is 6.26. The SMILES string of the molecule is c1ccc(-n2c3ccc(-c4ccc5oc6c(ccc7c8ccccc8oc76)c5c4)cc3c3cc(-c4ccc5oc6ccc7oc8ccccc8c7c6c5c4)ccc32)cc1. The molecular weight excluding hydrogens is 727 g/mol. The van der Waals surface area contributed by atoms with Gasteiger partial charge in [0.15, 0.2) is 11.2 Å². The van der Waals surface area contributed by atoms with Gasteiger partial charge in [-0.2, -0.15) is 0 Å². The number of aromatic nitrogens is 1. The van der Waals surface area contributed by atoms with Crippen LogP contribution in [0.15, 0.2) is 194 Å². The lowest BCUT2D eigenvalue weighted by molar-refractivity contribution is 0.633. The Hall–Kier alpha value is -8.02. The van der Waals surface area contributed by atoms with Crippen LogP contribution in [0.25, 0.3) is 138 Å². The summed E-state index contributed by atoms with van der Waals surface area (Å²) in [5.74, 6) is 0. The number of fused-ring (bicyclic) bond motifs is 17. The van der Waals surface area contributed by atoms with Crippen LogP contribution in [-0.2, 0) is 0 Å². The second kappa shape index (κ2) is 11.3. The smallest absolute Gasteiger partial charge is 0.178 e. The Labute approximate surface area is 334 Å². The Morgan fingerprint density at radius 2 is 0.712 bits per heavy atom. The molecule has 0 spiro atoms. The Morgan fingerprint density at radius 1 is 0.271 bits per heavy atom. The molecule has 5 heteroatoms. The second-order valence-electron chi connectivity index (χ2n) is 15.6. The van der Waals surface area contributed by atoms with Crippen LogP contribution in [0.4, 0.5) is 0 Å². The fourth-order valence-electron chi connectivity index (χ4n) is 9.70. The van der Waals surface area contributed by atoms with E-state index in [0.29, 0.717) is 0 Å². The van der Waals surface area contributed by atoms with Gasteiger partial charge >= 0.3 is 0 Å². The largest absolute Gasteiger partial charge is 0.456 e. The van der Waals surface area contributed by atoms with Gasteiger partial charge in [0.25, 0.3) is 0 Å². The van der Waals surface area contributed by atoms with Crippen molar-refractivity contribution in [3.63, 3.8) is 0 Å². The molecule has 0 fully saturated rings. The lowest BCUT2D eigenvalue weighted by Gasteiger charge is -2.08. The van der Waals surface area contributed by atoms with Crippen molar-refractivity contribution in [2.24, 2.45) is 0 Å². The van der Waals surface area contributed by atoms with Gasteiger partial charge in [-0.3, -0.25) is 0 Å². The van der Waals surface area contributed by atoms with Crippen molar-refractivity contribution in [1.29, 1.82) is 0 Å². The van der Waals surface area contributed by atoms with Crippen molar-refractivity contribution < 1.29 is 17.7 Å². The van der Waals surface area contributed by atoms with E-state index in [1.807, 2.05) is 42.5 Å². The van der Waals surface area contributed by atoms with E-state index in [-0.39, 0.29) is 0 Å². The monoisotopic (exact) mass is 755 g/mol. The van der Waals surface area contributed by atoms with E-state index >= 15 is 0 Å². The molecule has 14 aromatic rings. The van der Waals surface area contributed by atoms with Crippen molar-refractivity contribution in [3.8, 4) is 27.9 Å². The summed E-state index contributed by atoms with van der Waals surface area (Å²) < 4.78 is 27.9. The topological polar surface area (TPSA) is 57.5 Å². The number of nitrogens with zero attached hydrogens (tertiary/aromatic N) is 1. The highest BCUT2D eigenvalue weighted by atomic mass is 16.4. The number of furan rings is 4. The maximum Gasteiger partial charge on any atom is 0.178 e. The van der Waals surface area contributed by atoms with Crippen LogP contribution >= 0.6 is 0 Å². The van der Waals surface area contributed by atoms with E-state index in [9.17, 15) is 0 Å². The molecule has 59 heavy (non-hydrogen) atoms. The summed E-state index contributed by atoms with van der Waals surface area (Å²) >= 11 is 0. The zero-order chi connectivity index (χ0) is 38.3. The molecule has 5 aromatic heterocycles. The minimum Gasteiger partial charge on any atom is -0.456 e. The van der Waals surface area contributed by atoms with E-state index in [2.05, 4.69) is 138 Å². The molecule has 5 heterocycles. The zero-order valence-corrected chi connectivity index (χ0v) is 31.3.